The third kappa shape index (κ3) is 6.21. The summed E-state index contributed by atoms with van der Waals surface area (Å²) in [6.07, 6.45) is 2.75. The van der Waals surface area contributed by atoms with Crippen molar-refractivity contribution in [2.24, 2.45) is 0 Å². The molecule has 0 saturated heterocycles. The highest BCUT2D eigenvalue weighted by molar-refractivity contribution is 6.32. The molecule has 0 saturated carbocycles. The van der Waals surface area contributed by atoms with E-state index in [1.807, 2.05) is 0 Å². The number of methoxy groups -OCH3 is 3. The van der Waals surface area contributed by atoms with Crippen molar-refractivity contribution in [3.05, 3.63) is 53.1 Å². The number of nitrogens with one attached hydrogen (secondary N) is 1. The molecular formula is C20H20ClNO6. The molecule has 0 fully saturated rings. The molecule has 0 spiro atoms. The molecule has 0 aliphatic rings. The van der Waals surface area contributed by atoms with Crippen molar-refractivity contribution in [1.82, 2.24) is 0 Å². The smallest absolute Gasteiger partial charge is 0.331 e. The van der Waals surface area contributed by atoms with E-state index in [9.17, 15) is 9.59 Å². The minimum atomic E-state index is -0.662. The highest BCUT2D eigenvalue weighted by atomic mass is 35.5. The lowest BCUT2D eigenvalue weighted by molar-refractivity contribution is -0.142. The maximum absolute atomic E-state index is 11.9. The van der Waals surface area contributed by atoms with Crippen molar-refractivity contribution in [3.63, 3.8) is 0 Å². The van der Waals surface area contributed by atoms with Gasteiger partial charge in [0.05, 0.1) is 26.4 Å². The molecule has 2 rings (SSSR count). The molecule has 2 aromatic rings. The maximum atomic E-state index is 11.9. The molecule has 8 heteroatoms. The van der Waals surface area contributed by atoms with Gasteiger partial charge in [-0.15, -0.1) is 0 Å². The predicted molar refractivity (Wildman–Crippen MR) is 106 cm³/mol. The maximum Gasteiger partial charge on any atom is 0.331 e. The van der Waals surface area contributed by atoms with Gasteiger partial charge >= 0.3 is 5.97 Å². The van der Waals surface area contributed by atoms with Gasteiger partial charge in [-0.05, 0) is 42.0 Å². The molecule has 1 N–H and O–H groups in total. The molecule has 0 aliphatic heterocycles. The minimum absolute atomic E-state index is 0.356. The summed E-state index contributed by atoms with van der Waals surface area (Å²) >= 11 is 5.99. The fraction of sp³-hybridized carbons (Fsp3) is 0.200. The second-order valence-corrected chi connectivity index (χ2v) is 5.89. The van der Waals surface area contributed by atoms with E-state index >= 15 is 0 Å². The summed E-state index contributed by atoms with van der Waals surface area (Å²) < 4.78 is 20.3. The summed E-state index contributed by atoms with van der Waals surface area (Å²) in [5.74, 6) is 0.510. The average molecular weight is 406 g/mol. The summed E-state index contributed by atoms with van der Waals surface area (Å²) in [7, 11) is 4.56. The molecule has 1 amide bonds. The van der Waals surface area contributed by atoms with Crippen LogP contribution in [-0.4, -0.2) is 39.8 Å². The van der Waals surface area contributed by atoms with Crippen LogP contribution < -0.4 is 19.5 Å². The molecule has 0 radical (unpaired) electrons. The third-order valence-corrected chi connectivity index (χ3v) is 3.86. The average Bonchev–Trinajstić information content (AvgIpc) is 2.70. The van der Waals surface area contributed by atoms with E-state index in [1.54, 1.807) is 30.3 Å². The molecule has 0 aliphatic carbocycles. The van der Waals surface area contributed by atoms with Crippen LogP contribution in [0.15, 0.2) is 42.5 Å². The number of esters is 1. The van der Waals surface area contributed by atoms with Gasteiger partial charge < -0.3 is 24.3 Å². The van der Waals surface area contributed by atoms with E-state index in [-0.39, 0.29) is 0 Å². The number of hydrogen-bond acceptors (Lipinski definition) is 6. The molecule has 0 aromatic heterocycles. The van der Waals surface area contributed by atoms with Gasteiger partial charge in [0, 0.05) is 17.8 Å². The third-order valence-electron chi connectivity index (χ3n) is 3.57. The quantitative estimate of drug-likeness (QED) is 0.534. The first-order chi connectivity index (χ1) is 13.4. The first kappa shape index (κ1) is 21.1. The highest BCUT2D eigenvalue weighted by Gasteiger charge is 2.08. The number of anilines is 1. The summed E-state index contributed by atoms with van der Waals surface area (Å²) in [6, 6.07) is 9.95. The lowest BCUT2D eigenvalue weighted by atomic mass is 10.2. The summed E-state index contributed by atoms with van der Waals surface area (Å²) in [5.41, 5.74) is 1.15. The number of halogens is 1. The van der Waals surface area contributed by atoms with E-state index in [4.69, 9.17) is 30.5 Å². The zero-order valence-electron chi connectivity index (χ0n) is 15.7. The van der Waals surface area contributed by atoms with E-state index in [1.165, 1.54) is 39.5 Å². The van der Waals surface area contributed by atoms with Crippen LogP contribution in [0.25, 0.3) is 6.08 Å². The standard InChI is InChI=1S/C20H20ClNO6/c1-25-15-8-13(9-16(11-15)26-2)4-7-20(24)28-12-19(23)22-14-5-6-18(27-3)17(21)10-14/h4-11H,12H2,1-3H3,(H,22,23)/b7-4+. The molecule has 148 valence electrons. The lowest BCUT2D eigenvalue weighted by Gasteiger charge is -2.08. The van der Waals surface area contributed by atoms with Crippen LogP contribution >= 0.6 is 11.6 Å². The first-order valence-corrected chi connectivity index (χ1v) is 8.54. The molecular weight excluding hydrogens is 386 g/mol. The molecule has 7 nitrogen and oxygen atoms in total. The zero-order valence-corrected chi connectivity index (χ0v) is 16.4. The number of benzene rings is 2. The van der Waals surface area contributed by atoms with Crippen molar-refractivity contribution < 1.29 is 28.5 Å². The second kappa shape index (κ2) is 10.2. The van der Waals surface area contributed by atoms with Crippen molar-refractivity contribution >= 4 is 35.2 Å². The molecule has 0 atom stereocenters. The first-order valence-electron chi connectivity index (χ1n) is 8.16. The topological polar surface area (TPSA) is 83.1 Å². The van der Waals surface area contributed by atoms with E-state index in [0.717, 1.165) is 0 Å². The van der Waals surface area contributed by atoms with Crippen molar-refractivity contribution in [2.75, 3.05) is 33.3 Å². The number of carbonyl (C=O) groups is 2. The predicted octanol–water partition coefficient (Wildman–Crippen LogP) is 3.56. The number of hydrogen-bond donors (Lipinski definition) is 1. The molecule has 0 unspecified atom stereocenters. The molecule has 0 heterocycles. The van der Waals surface area contributed by atoms with Crippen molar-refractivity contribution in [1.29, 1.82) is 0 Å². The highest BCUT2D eigenvalue weighted by Crippen LogP contribution is 2.27. The van der Waals surface area contributed by atoms with Gasteiger partial charge in [-0.3, -0.25) is 4.79 Å². The van der Waals surface area contributed by atoms with Crippen LogP contribution in [-0.2, 0) is 14.3 Å². The van der Waals surface area contributed by atoms with Gasteiger partial charge in [0.1, 0.15) is 17.2 Å². The Labute approximate surface area is 167 Å². The number of amides is 1. The van der Waals surface area contributed by atoms with Crippen LogP contribution in [0.1, 0.15) is 5.56 Å². The van der Waals surface area contributed by atoms with Gasteiger partial charge in [0.2, 0.25) is 0 Å². The number of rotatable bonds is 8. The van der Waals surface area contributed by atoms with Crippen molar-refractivity contribution in [3.8, 4) is 17.2 Å². The Morgan fingerprint density at radius 3 is 2.25 bits per heavy atom. The molecule has 28 heavy (non-hydrogen) atoms. The van der Waals surface area contributed by atoms with Crippen molar-refractivity contribution in [2.45, 2.75) is 0 Å². The Hall–Kier alpha value is -3.19. The van der Waals surface area contributed by atoms with Crippen LogP contribution in [0.3, 0.4) is 0 Å². The van der Waals surface area contributed by atoms with Gasteiger partial charge in [-0.25, -0.2) is 4.79 Å². The van der Waals surface area contributed by atoms with E-state index < -0.39 is 18.5 Å². The monoisotopic (exact) mass is 405 g/mol. The molecule has 0 bridgehead atoms. The SMILES string of the molecule is COc1cc(/C=C/C(=O)OCC(=O)Nc2ccc(OC)c(Cl)c2)cc(OC)c1. The van der Waals surface area contributed by atoms with Gasteiger partial charge in [-0.2, -0.15) is 0 Å². The Balaban J connectivity index is 1.89. The van der Waals surface area contributed by atoms with Crippen LogP contribution in [0.2, 0.25) is 5.02 Å². The Morgan fingerprint density at radius 1 is 1.00 bits per heavy atom. The Morgan fingerprint density at radius 2 is 1.68 bits per heavy atom. The number of carbonyl (C=O) groups excluding carboxylic acids is 2. The number of ether oxygens (including phenoxy) is 4. The summed E-state index contributed by atoms with van der Waals surface area (Å²) in [6.45, 7) is -0.436. The second-order valence-electron chi connectivity index (χ2n) is 5.48. The lowest BCUT2D eigenvalue weighted by Crippen LogP contribution is -2.20. The van der Waals surface area contributed by atoms with E-state index in [2.05, 4.69) is 5.32 Å². The van der Waals surface area contributed by atoms with Crippen LogP contribution in [0, 0.1) is 0 Å². The zero-order chi connectivity index (χ0) is 20.5. The minimum Gasteiger partial charge on any atom is -0.497 e. The van der Waals surface area contributed by atoms with Crippen LogP contribution in [0.5, 0.6) is 17.2 Å². The Bertz CT molecular complexity index is 859. The van der Waals surface area contributed by atoms with E-state index in [0.29, 0.717) is 33.5 Å². The largest absolute Gasteiger partial charge is 0.497 e. The molecule has 2 aromatic carbocycles. The van der Waals surface area contributed by atoms with Gasteiger partial charge in [-0.1, -0.05) is 11.6 Å². The van der Waals surface area contributed by atoms with Gasteiger partial charge in [0.15, 0.2) is 6.61 Å². The Kier molecular flexibility index (Phi) is 7.71. The summed E-state index contributed by atoms with van der Waals surface area (Å²) in [4.78, 5) is 23.7. The fourth-order valence-electron chi connectivity index (χ4n) is 2.22. The van der Waals surface area contributed by atoms with Gasteiger partial charge in [0.25, 0.3) is 5.91 Å². The summed E-state index contributed by atoms with van der Waals surface area (Å²) in [5, 5.41) is 2.94. The normalized spacial score (nSPS) is 10.4. The van der Waals surface area contributed by atoms with Crippen LogP contribution in [0.4, 0.5) is 5.69 Å². The fourth-order valence-corrected chi connectivity index (χ4v) is 2.47.